The van der Waals surface area contributed by atoms with E-state index in [0.717, 1.165) is 11.1 Å². The van der Waals surface area contributed by atoms with Crippen LogP contribution in [0.25, 0.3) is 17.4 Å². The number of anilines is 1. The first-order valence-electron chi connectivity index (χ1n) is 24.2. The number of hydrogen-bond donors (Lipinski definition) is 5. The summed E-state index contributed by atoms with van der Waals surface area (Å²) in [5.41, 5.74) is 2.10. The minimum atomic E-state index is -4.66. The van der Waals surface area contributed by atoms with Crippen LogP contribution in [0, 0.1) is 0 Å². The Hall–Kier alpha value is -5.15. The number of carbonyl (C=O) groups is 1. The van der Waals surface area contributed by atoms with E-state index in [1.54, 1.807) is 25.3 Å². The fraction of sp³-hybridized carbons (Fsp3) is 0.520. The van der Waals surface area contributed by atoms with Gasteiger partial charge >= 0.3 is 5.97 Å². The minimum absolute atomic E-state index is 0.00902. The van der Waals surface area contributed by atoms with E-state index in [2.05, 4.69) is 20.8 Å². The molecular formula is C50H70N3O18S3+. The number of allylic oxidation sites excluding steroid dienone is 3. The van der Waals surface area contributed by atoms with Gasteiger partial charge in [0, 0.05) is 67.1 Å². The smallest absolute Gasteiger partial charge is 0.333 e. The molecule has 1 unspecified atom stereocenters. The monoisotopic (exact) mass is 1100 g/mol. The fourth-order valence-corrected chi connectivity index (χ4v) is 10.2. The topological polar surface area (TPSA) is 291 Å². The van der Waals surface area contributed by atoms with Gasteiger partial charge in [-0.3, -0.25) is 13.7 Å². The number of fused-ring (bicyclic) bond motifs is 2. The molecule has 1 aromatic carbocycles. The van der Waals surface area contributed by atoms with E-state index in [1.165, 1.54) is 24.3 Å². The Labute approximate surface area is 433 Å². The maximum absolute atomic E-state index is 12.6. The molecule has 74 heavy (non-hydrogen) atoms. The first kappa shape index (κ1) is 59.7. The number of rotatable bonds is 30. The molecule has 0 fully saturated rings. The van der Waals surface area contributed by atoms with Crippen LogP contribution >= 0.6 is 0 Å². The van der Waals surface area contributed by atoms with E-state index in [0.29, 0.717) is 111 Å². The van der Waals surface area contributed by atoms with E-state index >= 15 is 0 Å². The summed E-state index contributed by atoms with van der Waals surface area (Å²) in [5.74, 6) is -1.60. The molecule has 21 nitrogen and oxygen atoms in total. The van der Waals surface area contributed by atoms with Crippen LogP contribution in [0.15, 0.2) is 81.8 Å². The molecule has 5 rings (SSSR count). The zero-order chi connectivity index (χ0) is 54.3. The van der Waals surface area contributed by atoms with Crippen LogP contribution in [0.3, 0.4) is 0 Å². The Morgan fingerprint density at radius 3 is 2.01 bits per heavy atom. The second-order valence-electron chi connectivity index (χ2n) is 19.0. The van der Waals surface area contributed by atoms with Gasteiger partial charge in [-0.25, -0.2) is 9.37 Å². The average Bonchev–Trinajstić information content (AvgIpc) is 3.74. The van der Waals surface area contributed by atoms with Crippen LogP contribution in [0.2, 0.25) is 0 Å². The van der Waals surface area contributed by atoms with Crippen molar-refractivity contribution in [2.24, 2.45) is 0 Å². The molecule has 0 spiro atoms. The van der Waals surface area contributed by atoms with Gasteiger partial charge in [-0.1, -0.05) is 33.3 Å². The van der Waals surface area contributed by atoms with E-state index in [-0.39, 0.29) is 49.1 Å². The van der Waals surface area contributed by atoms with Crippen LogP contribution in [-0.4, -0.2) is 144 Å². The first-order chi connectivity index (χ1) is 34.8. The maximum atomic E-state index is 12.6. The van der Waals surface area contributed by atoms with Gasteiger partial charge in [-0.05, 0) is 91.6 Å². The van der Waals surface area contributed by atoms with E-state index in [9.17, 15) is 53.9 Å². The molecule has 2 aliphatic heterocycles. The summed E-state index contributed by atoms with van der Waals surface area (Å²) >= 11 is 0. The highest BCUT2D eigenvalue weighted by molar-refractivity contribution is 7.86. The zero-order valence-electron chi connectivity index (χ0n) is 42.5. The molecule has 24 heteroatoms. The molecule has 0 saturated heterocycles. The predicted octanol–water partition coefficient (Wildman–Crippen LogP) is 5.45. The van der Waals surface area contributed by atoms with Crippen LogP contribution in [0.4, 0.5) is 5.69 Å². The van der Waals surface area contributed by atoms with Gasteiger partial charge in [-0.15, -0.1) is 4.73 Å². The van der Waals surface area contributed by atoms with Crippen molar-refractivity contribution in [2.75, 3.05) is 89.4 Å². The number of aromatic hydroxyl groups is 2. The third-order valence-corrected chi connectivity index (χ3v) is 14.8. The Morgan fingerprint density at radius 2 is 1.39 bits per heavy atom. The number of aromatic nitrogens is 1. The predicted molar refractivity (Wildman–Crippen MR) is 276 cm³/mol. The third kappa shape index (κ3) is 17.7. The van der Waals surface area contributed by atoms with E-state index in [1.807, 2.05) is 46.7 Å². The standard InChI is InChI=1S/C50H69N3O18S3/c1-49(2,3)41-35-38(70-44-34-37(15-17-40(41)44)51(22-11-33-73(60,61)62)24-25-67-28-29-69-31-30-68-27-26-66-5)12-9-13-45-50(4,21-10-32-72(57,58)59)42-36-39(74(63,64)65)16-18-43(42)52(45)23-8-6-7-14-48(56)71-53-46(54)19-20-47(53)55/h9,12-13,15-20,34-36H,6-8,10-11,14,21-33H2,1-5H3,(H4-,54,55,57,58,59,60,61,62,63,64,65)/p+1. The maximum Gasteiger partial charge on any atom is 0.333 e. The molecule has 3 heterocycles. The molecule has 1 aromatic heterocycles. The van der Waals surface area contributed by atoms with E-state index < -0.39 is 65.0 Å². The molecule has 0 bridgehead atoms. The van der Waals surface area contributed by atoms with Crippen molar-refractivity contribution in [1.29, 1.82) is 0 Å². The van der Waals surface area contributed by atoms with Crippen molar-refractivity contribution < 1.29 is 82.1 Å². The van der Waals surface area contributed by atoms with Gasteiger partial charge in [0.05, 0.1) is 62.1 Å². The van der Waals surface area contributed by atoms with Crippen LogP contribution in [0.1, 0.15) is 89.5 Å². The summed E-state index contributed by atoms with van der Waals surface area (Å²) in [6, 6.07) is 14.2. The number of hydrogen-bond acceptors (Lipinski definition) is 16. The number of methoxy groups -OCH3 is 1. The summed E-state index contributed by atoms with van der Waals surface area (Å²) in [6.45, 7) is 11.8. The van der Waals surface area contributed by atoms with Crippen molar-refractivity contribution in [3.05, 3.63) is 94.7 Å². The second kappa shape index (κ2) is 26.6. The van der Waals surface area contributed by atoms with Crippen molar-refractivity contribution >= 4 is 48.1 Å². The number of carbonyl (C=O) groups excluding carboxylic acids is 1. The summed E-state index contributed by atoms with van der Waals surface area (Å²) in [5, 5.41) is 20.4. The molecule has 1 aliphatic carbocycles. The summed E-state index contributed by atoms with van der Waals surface area (Å²) < 4.78 is 132. The Morgan fingerprint density at radius 1 is 0.757 bits per heavy atom. The lowest BCUT2D eigenvalue weighted by atomic mass is 9.77. The lowest BCUT2D eigenvalue weighted by Gasteiger charge is -2.30. The zero-order valence-corrected chi connectivity index (χ0v) is 44.9. The van der Waals surface area contributed by atoms with Crippen LogP contribution < -0.4 is 19.7 Å². The van der Waals surface area contributed by atoms with Gasteiger partial charge in [0.1, 0.15) is 24.7 Å². The molecule has 410 valence electrons. The van der Waals surface area contributed by atoms with Crippen molar-refractivity contribution in [3.8, 4) is 23.1 Å². The van der Waals surface area contributed by atoms with Gasteiger partial charge in [0.15, 0.2) is 6.54 Å². The molecule has 0 saturated carbocycles. The molecular weight excluding hydrogens is 1030 g/mol. The summed E-state index contributed by atoms with van der Waals surface area (Å²) in [4.78, 5) is 19.2. The molecule has 3 aliphatic rings. The second-order valence-corrected chi connectivity index (χ2v) is 23.6. The molecule has 0 radical (unpaired) electrons. The lowest BCUT2D eigenvalue weighted by molar-refractivity contribution is -0.145. The Kier molecular flexibility index (Phi) is 21.4. The van der Waals surface area contributed by atoms with Crippen LogP contribution in [-0.2, 0) is 64.9 Å². The van der Waals surface area contributed by atoms with Gasteiger partial charge in [0.2, 0.25) is 17.1 Å². The third-order valence-electron chi connectivity index (χ3n) is 12.3. The van der Waals surface area contributed by atoms with Crippen molar-refractivity contribution in [2.45, 2.75) is 88.4 Å². The highest BCUT2D eigenvalue weighted by Crippen LogP contribution is 2.51. The van der Waals surface area contributed by atoms with Gasteiger partial charge in [-0.2, -0.15) is 25.3 Å². The SMILES string of the molecule is COCCOCCOCCOCC[N+](CCCS(=O)(=O)O)=c1ccc2c(C(C)(C)C)cc(C=CC=C3N(CCCCCC(=O)On4c(O)ccc4O)c4ccc(S(=O)(=O)O)cc4C3(C)CCCS(=O)(=O)O)oc-2c1. The molecule has 5 N–H and O–H groups in total. The van der Waals surface area contributed by atoms with Gasteiger partial charge in [0.25, 0.3) is 30.4 Å². The fourth-order valence-electron chi connectivity index (χ4n) is 8.66. The highest BCUT2D eigenvalue weighted by atomic mass is 32.2. The van der Waals surface area contributed by atoms with Crippen molar-refractivity contribution in [1.82, 2.24) is 9.31 Å². The number of unbranched alkanes of at least 4 members (excludes halogenated alkanes) is 2. The summed E-state index contributed by atoms with van der Waals surface area (Å²) in [7, 11) is -11.6. The van der Waals surface area contributed by atoms with E-state index in [4.69, 9.17) is 28.2 Å². The summed E-state index contributed by atoms with van der Waals surface area (Å²) in [6.07, 6.45) is 6.95. The Balaban J connectivity index is 1.48. The number of ether oxygens (including phenoxy) is 4. The normalized spacial score (nSPS) is 16.4. The van der Waals surface area contributed by atoms with Gasteiger partial charge < -0.3 is 43.3 Å². The molecule has 0 amide bonds. The van der Waals surface area contributed by atoms with Crippen LogP contribution in [0.5, 0.6) is 11.8 Å². The average molecular weight is 1100 g/mol. The quantitative estimate of drug-likeness (QED) is 0.0246. The highest BCUT2D eigenvalue weighted by Gasteiger charge is 2.43. The molecule has 2 aromatic rings. The van der Waals surface area contributed by atoms with Crippen molar-refractivity contribution in [3.63, 3.8) is 0 Å². The Bertz CT molecular complexity index is 2960. The largest absolute Gasteiger partial charge is 0.492 e. The first-order valence-corrected chi connectivity index (χ1v) is 28.8. The lowest BCUT2D eigenvalue weighted by Crippen LogP contribution is -2.35. The number of nitrogens with zero attached hydrogens (tertiary/aromatic N) is 3. The molecule has 1 atom stereocenters. The number of benzene rings is 2. The minimum Gasteiger partial charge on any atom is -0.492 e.